The van der Waals surface area contributed by atoms with Gasteiger partial charge in [-0.15, -0.1) is 0 Å². The molecular formula is C19H25N5O2S. The molecular weight excluding hydrogens is 362 g/mol. The number of nitrogens with zero attached hydrogens (tertiary/aromatic N) is 5. The van der Waals surface area contributed by atoms with Gasteiger partial charge in [0.15, 0.2) is 5.13 Å². The molecule has 2 aromatic heterocycles. The lowest BCUT2D eigenvalue weighted by molar-refractivity contribution is 0.0973. The first kappa shape index (κ1) is 19.3. The van der Waals surface area contributed by atoms with Crippen molar-refractivity contribution in [3.05, 3.63) is 36.2 Å². The van der Waals surface area contributed by atoms with Gasteiger partial charge in [-0.05, 0) is 52.2 Å². The van der Waals surface area contributed by atoms with Crippen molar-refractivity contribution in [2.75, 3.05) is 39.2 Å². The molecule has 0 unspecified atom stereocenters. The second-order valence-corrected chi connectivity index (χ2v) is 7.85. The van der Waals surface area contributed by atoms with Crippen LogP contribution in [0.25, 0.3) is 10.2 Å². The molecule has 7 nitrogen and oxygen atoms in total. The number of aromatic nitrogens is 3. The lowest BCUT2D eigenvalue weighted by Gasteiger charge is -2.22. The highest BCUT2D eigenvalue weighted by atomic mass is 32.1. The summed E-state index contributed by atoms with van der Waals surface area (Å²) in [4.78, 5) is 21.8. The minimum Gasteiger partial charge on any atom is -0.497 e. The van der Waals surface area contributed by atoms with Crippen LogP contribution in [0.3, 0.4) is 0 Å². The maximum Gasteiger partial charge on any atom is 0.278 e. The van der Waals surface area contributed by atoms with Gasteiger partial charge < -0.3 is 9.64 Å². The maximum atomic E-state index is 13.3. The third-order valence-electron chi connectivity index (χ3n) is 4.21. The molecule has 0 bridgehead atoms. The number of hydrogen-bond acceptors (Lipinski definition) is 6. The van der Waals surface area contributed by atoms with Gasteiger partial charge in [0.2, 0.25) is 0 Å². The van der Waals surface area contributed by atoms with Gasteiger partial charge >= 0.3 is 0 Å². The molecule has 2 heterocycles. The van der Waals surface area contributed by atoms with Crippen LogP contribution in [0, 0.1) is 0 Å². The van der Waals surface area contributed by atoms with E-state index in [2.05, 4.69) is 10.00 Å². The van der Waals surface area contributed by atoms with Gasteiger partial charge in [0, 0.05) is 25.3 Å². The standard InChI is InChI=1S/C19H25N5O2S/c1-13(2)24-16(8-9-20-24)18(25)23(11-10-22(3)4)19-21-15-7-6-14(26-5)12-17(15)27-19/h6-9,12-13H,10-11H2,1-5H3. The summed E-state index contributed by atoms with van der Waals surface area (Å²) in [5.74, 6) is 0.691. The average molecular weight is 388 g/mol. The first-order valence-corrected chi connectivity index (χ1v) is 9.67. The summed E-state index contributed by atoms with van der Waals surface area (Å²) >= 11 is 1.49. The zero-order valence-electron chi connectivity index (χ0n) is 16.3. The molecule has 144 valence electrons. The molecule has 3 aromatic rings. The van der Waals surface area contributed by atoms with Gasteiger partial charge in [-0.2, -0.15) is 5.10 Å². The number of benzene rings is 1. The van der Waals surface area contributed by atoms with Gasteiger partial charge in [-0.1, -0.05) is 11.3 Å². The molecule has 0 radical (unpaired) electrons. The lowest BCUT2D eigenvalue weighted by atomic mass is 10.3. The summed E-state index contributed by atoms with van der Waals surface area (Å²) in [7, 11) is 5.62. The molecule has 8 heteroatoms. The third-order valence-corrected chi connectivity index (χ3v) is 5.25. The highest BCUT2D eigenvalue weighted by molar-refractivity contribution is 7.22. The molecule has 0 atom stereocenters. The summed E-state index contributed by atoms with van der Waals surface area (Å²) in [5, 5.41) is 4.98. The topological polar surface area (TPSA) is 63.5 Å². The van der Waals surface area contributed by atoms with E-state index in [1.54, 1.807) is 29.0 Å². The van der Waals surface area contributed by atoms with E-state index in [9.17, 15) is 4.79 Å². The van der Waals surface area contributed by atoms with Crippen molar-refractivity contribution in [2.24, 2.45) is 0 Å². The van der Waals surface area contributed by atoms with Gasteiger partial charge in [0.05, 0.1) is 17.3 Å². The highest BCUT2D eigenvalue weighted by Crippen LogP contribution is 2.32. The Kier molecular flexibility index (Phi) is 5.76. The normalized spacial score (nSPS) is 11.5. The Morgan fingerprint density at radius 1 is 1.26 bits per heavy atom. The first-order chi connectivity index (χ1) is 12.9. The number of amides is 1. The average Bonchev–Trinajstić information content (AvgIpc) is 3.27. The maximum absolute atomic E-state index is 13.3. The number of anilines is 1. The van der Waals surface area contributed by atoms with Crippen LogP contribution in [0.5, 0.6) is 5.75 Å². The van der Waals surface area contributed by atoms with Crippen molar-refractivity contribution < 1.29 is 9.53 Å². The summed E-state index contributed by atoms with van der Waals surface area (Å²) in [6.45, 7) is 5.31. The highest BCUT2D eigenvalue weighted by Gasteiger charge is 2.25. The summed E-state index contributed by atoms with van der Waals surface area (Å²) in [6, 6.07) is 7.62. The van der Waals surface area contributed by atoms with E-state index in [4.69, 9.17) is 9.72 Å². The Hall–Kier alpha value is -2.45. The molecule has 27 heavy (non-hydrogen) atoms. The van der Waals surface area contributed by atoms with Crippen LogP contribution >= 0.6 is 11.3 Å². The van der Waals surface area contributed by atoms with Crippen LogP contribution in [-0.4, -0.2) is 59.9 Å². The SMILES string of the molecule is COc1ccc2nc(N(CCN(C)C)C(=O)c3ccnn3C(C)C)sc2c1. The number of hydrogen-bond donors (Lipinski definition) is 0. The quantitative estimate of drug-likeness (QED) is 0.622. The van der Waals surface area contributed by atoms with Gasteiger partial charge in [-0.3, -0.25) is 14.4 Å². The molecule has 0 saturated carbocycles. The van der Waals surface area contributed by atoms with Crippen molar-refractivity contribution in [1.29, 1.82) is 0 Å². The van der Waals surface area contributed by atoms with Crippen LogP contribution in [0.1, 0.15) is 30.4 Å². The van der Waals surface area contributed by atoms with E-state index in [1.807, 2.05) is 46.1 Å². The zero-order valence-corrected chi connectivity index (χ0v) is 17.2. The molecule has 0 aliphatic carbocycles. The largest absolute Gasteiger partial charge is 0.497 e. The molecule has 0 aliphatic heterocycles. The van der Waals surface area contributed by atoms with E-state index >= 15 is 0 Å². The number of fused-ring (bicyclic) bond motifs is 1. The zero-order chi connectivity index (χ0) is 19.6. The third kappa shape index (κ3) is 4.12. The van der Waals surface area contributed by atoms with Gasteiger partial charge in [0.25, 0.3) is 5.91 Å². The number of likely N-dealkylation sites (N-methyl/N-ethyl adjacent to an activating group) is 1. The fourth-order valence-corrected chi connectivity index (χ4v) is 3.77. The summed E-state index contributed by atoms with van der Waals surface area (Å²) in [5.41, 5.74) is 1.43. The monoisotopic (exact) mass is 387 g/mol. The molecule has 0 spiro atoms. The second kappa shape index (κ2) is 8.06. The Morgan fingerprint density at radius 2 is 2.04 bits per heavy atom. The molecule has 1 amide bonds. The molecule has 0 aliphatic rings. The summed E-state index contributed by atoms with van der Waals surface area (Å²) < 4.78 is 8.04. The minimum absolute atomic E-state index is 0.0888. The van der Waals surface area contributed by atoms with Crippen LogP contribution < -0.4 is 9.64 Å². The fraction of sp³-hybridized carbons (Fsp3) is 0.421. The molecule has 0 fully saturated rings. The number of carbonyl (C=O) groups excluding carboxylic acids is 1. The Bertz CT molecular complexity index is 931. The predicted octanol–water partition coefficient (Wildman–Crippen LogP) is 3.29. The predicted molar refractivity (Wildman–Crippen MR) is 109 cm³/mol. The Balaban J connectivity index is 2.00. The van der Waals surface area contributed by atoms with Crippen molar-refractivity contribution >= 4 is 32.6 Å². The van der Waals surface area contributed by atoms with Crippen LogP contribution in [-0.2, 0) is 0 Å². The van der Waals surface area contributed by atoms with E-state index < -0.39 is 0 Å². The van der Waals surface area contributed by atoms with E-state index in [0.717, 1.165) is 22.5 Å². The Morgan fingerprint density at radius 3 is 2.70 bits per heavy atom. The van der Waals surface area contributed by atoms with Crippen molar-refractivity contribution in [3.8, 4) is 5.75 Å². The smallest absolute Gasteiger partial charge is 0.278 e. The first-order valence-electron chi connectivity index (χ1n) is 8.85. The molecule has 0 N–H and O–H groups in total. The summed E-state index contributed by atoms with van der Waals surface area (Å²) in [6.07, 6.45) is 1.67. The fourth-order valence-electron chi connectivity index (χ4n) is 2.75. The second-order valence-electron chi connectivity index (χ2n) is 6.84. The van der Waals surface area contributed by atoms with Gasteiger partial charge in [-0.25, -0.2) is 4.98 Å². The van der Waals surface area contributed by atoms with Crippen LogP contribution in [0.15, 0.2) is 30.5 Å². The van der Waals surface area contributed by atoms with Crippen molar-refractivity contribution in [3.63, 3.8) is 0 Å². The lowest BCUT2D eigenvalue weighted by Crippen LogP contribution is -2.38. The number of carbonyl (C=O) groups is 1. The van der Waals surface area contributed by atoms with E-state index in [0.29, 0.717) is 17.4 Å². The van der Waals surface area contributed by atoms with E-state index in [1.165, 1.54) is 11.3 Å². The van der Waals surface area contributed by atoms with Gasteiger partial charge in [0.1, 0.15) is 11.4 Å². The molecule has 3 rings (SSSR count). The van der Waals surface area contributed by atoms with Crippen LogP contribution in [0.2, 0.25) is 0 Å². The molecule has 1 aromatic carbocycles. The Labute approximate surface area is 163 Å². The number of methoxy groups -OCH3 is 1. The number of ether oxygens (including phenoxy) is 1. The van der Waals surface area contributed by atoms with Crippen LogP contribution in [0.4, 0.5) is 5.13 Å². The number of thiazole rings is 1. The number of rotatable bonds is 7. The van der Waals surface area contributed by atoms with Crippen molar-refractivity contribution in [1.82, 2.24) is 19.7 Å². The van der Waals surface area contributed by atoms with Crippen molar-refractivity contribution in [2.45, 2.75) is 19.9 Å². The molecule has 0 saturated heterocycles. The van der Waals surface area contributed by atoms with E-state index in [-0.39, 0.29) is 11.9 Å². The minimum atomic E-state index is -0.0888.